The SMILES string of the molecule is Cc1cc(C(=O)CSc2nnc(C(C)N(C)C)n2-c2ccc(Cl)cc2)c(C)s1. The highest BCUT2D eigenvalue weighted by atomic mass is 35.5. The highest BCUT2D eigenvalue weighted by Crippen LogP contribution is 2.29. The molecule has 0 aliphatic carbocycles. The number of halogens is 1. The topological polar surface area (TPSA) is 51.0 Å². The minimum atomic E-state index is 0.0648. The maximum atomic E-state index is 12.7. The first-order valence-electron chi connectivity index (χ1n) is 8.88. The zero-order valence-electron chi connectivity index (χ0n) is 16.6. The molecule has 148 valence electrons. The minimum Gasteiger partial charge on any atom is -0.300 e. The summed E-state index contributed by atoms with van der Waals surface area (Å²) in [5.74, 6) is 1.25. The van der Waals surface area contributed by atoms with Crippen molar-refractivity contribution in [2.75, 3.05) is 19.8 Å². The fourth-order valence-electron chi connectivity index (χ4n) is 2.82. The van der Waals surface area contributed by atoms with Crippen molar-refractivity contribution in [2.45, 2.75) is 32.0 Å². The average molecular weight is 435 g/mol. The largest absolute Gasteiger partial charge is 0.300 e. The number of benzene rings is 1. The highest BCUT2D eigenvalue weighted by molar-refractivity contribution is 7.99. The predicted molar refractivity (Wildman–Crippen MR) is 117 cm³/mol. The van der Waals surface area contributed by atoms with E-state index >= 15 is 0 Å². The van der Waals surface area contributed by atoms with Crippen LogP contribution < -0.4 is 0 Å². The molecule has 0 bridgehead atoms. The predicted octanol–water partition coefficient (Wildman–Crippen LogP) is 5.20. The van der Waals surface area contributed by atoms with Crippen LogP contribution in [0.3, 0.4) is 0 Å². The minimum absolute atomic E-state index is 0.0648. The summed E-state index contributed by atoms with van der Waals surface area (Å²) in [5, 5.41) is 10.2. The monoisotopic (exact) mass is 434 g/mol. The lowest BCUT2D eigenvalue weighted by molar-refractivity contribution is 0.102. The number of carbonyl (C=O) groups excluding carboxylic acids is 1. The van der Waals surface area contributed by atoms with Crippen molar-refractivity contribution in [3.8, 4) is 5.69 Å². The van der Waals surface area contributed by atoms with Crippen LogP contribution in [0.25, 0.3) is 5.69 Å². The molecule has 0 aliphatic heterocycles. The second kappa shape index (κ2) is 8.78. The maximum Gasteiger partial charge on any atom is 0.196 e. The van der Waals surface area contributed by atoms with Gasteiger partial charge in [0, 0.05) is 26.0 Å². The third-order valence-electron chi connectivity index (χ3n) is 4.57. The molecular formula is C20H23ClN4OS2. The first-order valence-corrected chi connectivity index (χ1v) is 11.1. The fraction of sp³-hybridized carbons (Fsp3) is 0.350. The summed E-state index contributed by atoms with van der Waals surface area (Å²) in [5.41, 5.74) is 1.73. The van der Waals surface area contributed by atoms with Crippen molar-refractivity contribution in [3.05, 3.63) is 56.5 Å². The van der Waals surface area contributed by atoms with Crippen molar-refractivity contribution in [2.24, 2.45) is 0 Å². The average Bonchev–Trinajstić information content (AvgIpc) is 3.22. The van der Waals surface area contributed by atoms with E-state index in [1.807, 2.05) is 62.8 Å². The van der Waals surface area contributed by atoms with Gasteiger partial charge >= 0.3 is 0 Å². The van der Waals surface area contributed by atoms with Gasteiger partial charge in [-0.2, -0.15) is 0 Å². The molecule has 0 saturated heterocycles. The third kappa shape index (κ3) is 4.49. The normalized spacial score (nSPS) is 12.5. The Kier molecular flexibility index (Phi) is 6.60. The van der Waals surface area contributed by atoms with Crippen LogP contribution in [0, 0.1) is 13.8 Å². The standard InChI is InChI=1S/C20H23ClN4OS2/c1-12-10-17(14(3)28-12)18(26)11-27-20-23-22-19(13(2)24(4)5)25(20)16-8-6-15(21)7-9-16/h6-10,13H,11H2,1-5H3. The molecule has 0 aliphatic rings. The number of rotatable bonds is 7. The molecule has 0 saturated carbocycles. The molecule has 28 heavy (non-hydrogen) atoms. The van der Waals surface area contributed by atoms with E-state index in [0.29, 0.717) is 15.9 Å². The smallest absolute Gasteiger partial charge is 0.196 e. The Morgan fingerprint density at radius 3 is 2.50 bits per heavy atom. The van der Waals surface area contributed by atoms with Crippen LogP contribution in [0.1, 0.15) is 38.9 Å². The highest BCUT2D eigenvalue weighted by Gasteiger charge is 2.22. The fourth-order valence-corrected chi connectivity index (χ4v) is 4.74. The Hall–Kier alpha value is -1.67. The Morgan fingerprint density at radius 2 is 1.93 bits per heavy atom. The van der Waals surface area contributed by atoms with E-state index in [4.69, 9.17) is 11.6 Å². The number of ketones is 1. The van der Waals surface area contributed by atoms with E-state index in [1.54, 1.807) is 11.3 Å². The van der Waals surface area contributed by atoms with Gasteiger partial charge < -0.3 is 0 Å². The maximum absolute atomic E-state index is 12.7. The van der Waals surface area contributed by atoms with Gasteiger partial charge in [0.2, 0.25) is 0 Å². The second-order valence-electron chi connectivity index (χ2n) is 6.83. The number of thiophene rings is 1. The van der Waals surface area contributed by atoms with Gasteiger partial charge in [-0.3, -0.25) is 14.3 Å². The summed E-state index contributed by atoms with van der Waals surface area (Å²) in [6, 6.07) is 9.60. The number of aromatic nitrogens is 3. The number of nitrogens with zero attached hydrogens (tertiary/aromatic N) is 4. The Balaban J connectivity index is 1.91. The van der Waals surface area contributed by atoms with Crippen LogP contribution in [0.15, 0.2) is 35.5 Å². The Bertz CT molecular complexity index is 979. The van der Waals surface area contributed by atoms with Crippen molar-refractivity contribution in [1.29, 1.82) is 0 Å². The molecule has 0 spiro atoms. The van der Waals surface area contributed by atoms with Crippen molar-refractivity contribution in [3.63, 3.8) is 0 Å². The number of carbonyl (C=O) groups is 1. The van der Waals surface area contributed by atoms with Gasteiger partial charge in [0.25, 0.3) is 0 Å². The number of hydrogen-bond donors (Lipinski definition) is 0. The van der Waals surface area contributed by atoms with Crippen molar-refractivity contribution in [1.82, 2.24) is 19.7 Å². The molecule has 2 heterocycles. The molecule has 1 unspecified atom stereocenters. The summed E-state index contributed by atoms with van der Waals surface area (Å²) in [7, 11) is 4.01. The van der Waals surface area contributed by atoms with E-state index in [9.17, 15) is 4.79 Å². The molecule has 5 nitrogen and oxygen atoms in total. The number of thioether (sulfide) groups is 1. The van der Waals surface area contributed by atoms with Crippen LogP contribution >= 0.6 is 34.7 Å². The number of hydrogen-bond acceptors (Lipinski definition) is 6. The van der Waals surface area contributed by atoms with Gasteiger partial charge in [0.15, 0.2) is 16.8 Å². The van der Waals surface area contributed by atoms with E-state index in [0.717, 1.165) is 26.8 Å². The summed E-state index contributed by atoms with van der Waals surface area (Å²) >= 11 is 9.12. The first-order chi connectivity index (χ1) is 13.3. The van der Waals surface area contributed by atoms with Crippen LogP contribution in [-0.2, 0) is 0 Å². The van der Waals surface area contributed by atoms with E-state index < -0.39 is 0 Å². The first kappa shape index (κ1) is 21.0. The Morgan fingerprint density at radius 1 is 1.25 bits per heavy atom. The molecule has 3 rings (SSSR count). The van der Waals surface area contributed by atoms with Crippen molar-refractivity contribution >= 4 is 40.5 Å². The van der Waals surface area contributed by atoms with Gasteiger partial charge in [0.05, 0.1) is 11.8 Å². The van der Waals surface area contributed by atoms with Crippen LogP contribution in [0.5, 0.6) is 0 Å². The van der Waals surface area contributed by atoms with Crippen molar-refractivity contribution < 1.29 is 4.79 Å². The van der Waals surface area contributed by atoms with E-state index in [1.165, 1.54) is 11.8 Å². The molecule has 8 heteroatoms. The van der Waals surface area contributed by atoms with Crippen LogP contribution in [0.4, 0.5) is 0 Å². The zero-order chi connectivity index (χ0) is 20.4. The third-order valence-corrected chi connectivity index (χ3v) is 6.71. The molecule has 3 aromatic rings. The second-order valence-corrected chi connectivity index (χ2v) is 9.67. The molecule has 0 N–H and O–H groups in total. The molecule has 0 amide bonds. The summed E-state index contributed by atoms with van der Waals surface area (Å²) in [6.07, 6.45) is 0. The summed E-state index contributed by atoms with van der Waals surface area (Å²) in [4.78, 5) is 17.0. The summed E-state index contributed by atoms with van der Waals surface area (Å²) in [6.45, 7) is 6.09. The van der Waals surface area contributed by atoms with Gasteiger partial charge in [-0.15, -0.1) is 21.5 Å². The van der Waals surface area contributed by atoms with Gasteiger partial charge in [-0.25, -0.2) is 0 Å². The van der Waals surface area contributed by atoms with E-state index in [-0.39, 0.29) is 11.8 Å². The zero-order valence-corrected chi connectivity index (χ0v) is 19.0. The molecule has 1 aromatic carbocycles. The molecule has 1 atom stereocenters. The molecular weight excluding hydrogens is 412 g/mol. The van der Waals surface area contributed by atoms with Crippen LogP contribution in [-0.4, -0.2) is 45.3 Å². The van der Waals surface area contributed by atoms with Crippen LogP contribution in [0.2, 0.25) is 5.02 Å². The lowest BCUT2D eigenvalue weighted by Gasteiger charge is -2.20. The number of aryl methyl sites for hydroxylation is 2. The molecule has 0 fully saturated rings. The summed E-state index contributed by atoms with van der Waals surface area (Å²) < 4.78 is 2.00. The Labute approximate surface area is 178 Å². The quantitative estimate of drug-likeness (QED) is 0.378. The van der Waals surface area contributed by atoms with Gasteiger partial charge in [-0.05, 0) is 65.2 Å². The lowest BCUT2D eigenvalue weighted by atomic mass is 10.2. The number of Topliss-reactive ketones (excluding diaryl/α,β-unsaturated/α-hetero) is 1. The lowest BCUT2D eigenvalue weighted by Crippen LogP contribution is -2.20. The van der Waals surface area contributed by atoms with Gasteiger partial charge in [0.1, 0.15) is 0 Å². The molecule has 2 aromatic heterocycles. The van der Waals surface area contributed by atoms with E-state index in [2.05, 4.69) is 22.0 Å². The molecule has 0 radical (unpaired) electrons. The van der Waals surface area contributed by atoms with Gasteiger partial charge in [-0.1, -0.05) is 23.4 Å².